The van der Waals surface area contributed by atoms with E-state index in [4.69, 9.17) is 9.26 Å². The van der Waals surface area contributed by atoms with E-state index in [9.17, 15) is 9.90 Å². The Kier molecular flexibility index (Phi) is 6.49. The molecule has 1 aromatic carbocycles. The molecular weight excluding hydrogens is 454 g/mol. The zero-order valence-corrected chi connectivity index (χ0v) is 21.2. The summed E-state index contributed by atoms with van der Waals surface area (Å²) in [7, 11) is 0. The largest absolute Gasteiger partial charge is 0.486 e. The second kappa shape index (κ2) is 8.87. The lowest BCUT2D eigenvalue weighted by Crippen LogP contribution is -2.62. The van der Waals surface area contributed by atoms with Gasteiger partial charge in [0, 0.05) is 12.6 Å². The molecule has 192 valence electrons. The summed E-state index contributed by atoms with van der Waals surface area (Å²) in [4.78, 5) is 14.4. The van der Waals surface area contributed by atoms with E-state index in [1.54, 1.807) is 6.07 Å². The van der Waals surface area contributed by atoms with Crippen molar-refractivity contribution in [1.29, 1.82) is 0 Å². The van der Waals surface area contributed by atoms with Crippen molar-refractivity contribution >= 4 is 5.91 Å². The fourth-order valence-electron chi connectivity index (χ4n) is 6.33. The molecule has 6 nitrogen and oxygen atoms in total. The Bertz CT molecular complexity index is 1050. The molecule has 1 amide bonds. The van der Waals surface area contributed by atoms with Crippen LogP contribution in [0.1, 0.15) is 82.9 Å². The van der Waals surface area contributed by atoms with E-state index >= 15 is 8.78 Å². The van der Waals surface area contributed by atoms with E-state index in [0.717, 1.165) is 10.5 Å². The topological polar surface area (TPSA) is 75.8 Å². The zero-order chi connectivity index (χ0) is 25.6. The summed E-state index contributed by atoms with van der Waals surface area (Å²) in [5.74, 6) is -4.12. The molecule has 2 fully saturated rings. The third-order valence-corrected chi connectivity index (χ3v) is 7.19. The van der Waals surface area contributed by atoms with E-state index in [1.807, 2.05) is 58.9 Å². The average Bonchev–Trinajstić information content (AvgIpc) is 3.39. The van der Waals surface area contributed by atoms with E-state index in [0.29, 0.717) is 36.5 Å². The lowest BCUT2D eigenvalue weighted by Gasteiger charge is -2.51. The average molecular weight is 491 g/mol. The van der Waals surface area contributed by atoms with Gasteiger partial charge in [-0.2, -0.15) is 8.78 Å². The number of carbonyl (C=O) groups is 1. The Morgan fingerprint density at radius 2 is 1.80 bits per heavy atom. The predicted molar refractivity (Wildman–Crippen MR) is 127 cm³/mol. The molecule has 2 aliphatic rings. The first-order valence-corrected chi connectivity index (χ1v) is 12.3. The lowest BCUT2D eigenvalue weighted by atomic mass is 9.58. The van der Waals surface area contributed by atoms with Gasteiger partial charge in [-0.15, -0.1) is 0 Å². The molecule has 1 unspecified atom stereocenters. The SMILES string of the molecule is Cc1ccc(OCc2cc(C3CCCN3C(=O)C(F)(F)C3(O)CC(C)(C)CC(C)(C)C3)no2)cc1. The maximum atomic E-state index is 15.8. The van der Waals surface area contributed by atoms with Crippen molar-refractivity contribution in [1.82, 2.24) is 10.1 Å². The minimum atomic E-state index is -3.91. The Morgan fingerprint density at radius 1 is 1.17 bits per heavy atom. The van der Waals surface area contributed by atoms with Gasteiger partial charge in [-0.25, -0.2) is 0 Å². The first kappa shape index (κ1) is 25.6. The van der Waals surface area contributed by atoms with Crippen molar-refractivity contribution in [2.75, 3.05) is 6.54 Å². The van der Waals surface area contributed by atoms with Crippen LogP contribution in [-0.2, 0) is 11.4 Å². The van der Waals surface area contributed by atoms with Crippen LogP contribution in [0, 0.1) is 17.8 Å². The quantitative estimate of drug-likeness (QED) is 0.552. The Morgan fingerprint density at radius 3 is 2.43 bits per heavy atom. The van der Waals surface area contributed by atoms with E-state index in [1.165, 1.54) is 0 Å². The number of hydrogen-bond donors (Lipinski definition) is 1. The monoisotopic (exact) mass is 490 g/mol. The number of halogens is 2. The van der Waals surface area contributed by atoms with Crippen LogP contribution < -0.4 is 4.74 Å². The van der Waals surface area contributed by atoms with Crippen LogP contribution in [0.15, 0.2) is 34.9 Å². The summed E-state index contributed by atoms with van der Waals surface area (Å²) in [6, 6.07) is 8.61. The second-order valence-corrected chi connectivity index (χ2v) is 11.9. The summed E-state index contributed by atoms with van der Waals surface area (Å²) in [6.07, 6.45) is 1.51. The van der Waals surface area contributed by atoms with Gasteiger partial charge >= 0.3 is 5.92 Å². The van der Waals surface area contributed by atoms with Crippen LogP contribution in [-0.4, -0.2) is 39.1 Å². The Balaban J connectivity index is 1.49. The lowest BCUT2D eigenvalue weighted by molar-refractivity contribution is -0.231. The molecule has 8 heteroatoms. The van der Waals surface area contributed by atoms with Gasteiger partial charge in [0.25, 0.3) is 5.91 Å². The second-order valence-electron chi connectivity index (χ2n) is 11.9. The van der Waals surface area contributed by atoms with Gasteiger partial charge in [-0.1, -0.05) is 50.5 Å². The number of aryl methyl sites for hydroxylation is 1. The smallest absolute Gasteiger partial charge is 0.352 e. The molecule has 1 atom stereocenters. The number of hydrogen-bond acceptors (Lipinski definition) is 5. The minimum Gasteiger partial charge on any atom is -0.486 e. The Labute approximate surface area is 205 Å². The number of aliphatic hydroxyl groups is 1. The maximum absolute atomic E-state index is 15.8. The number of likely N-dealkylation sites (tertiary alicyclic amines) is 1. The normalized spacial score (nSPS) is 23.3. The van der Waals surface area contributed by atoms with Crippen molar-refractivity contribution in [2.45, 2.75) is 90.9 Å². The van der Waals surface area contributed by atoms with Crippen molar-refractivity contribution in [3.05, 3.63) is 47.3 Å². The fourth-order valence-corrected chi connectivity index (χ4v) is 6.33. The van der Waals surface area contributed by atoms with Crippen LogP contribution in [0.5, 0.6) is 5.75 Å². The number of benzene rings is 1. The Hall–Kier alpha value is -2.48. The highest BCUT2D eigenvalue weighted by atomic mass is 19.3. The van der Waals surface area contributed by atoms with Gasteiger partial charge in [0.05, 0.1) is 6.04 Å². The molecule has 1 saturated carbocycles. The van der Waals surface area contributed by atoms with Crippen LogP contribution in [0.3, 0.4) is 0 Å². The molecule has 0 spiro atoms. The van der Waals surface area contributed by atoms with Gasteiger partial charge in [-0.05, 0) is 62.0 Å². The molecule has 1 aromatic heterocycles. The van der Waals surface area contributed by atoms with Crippen LogP contribution in [0.25, 0.3) is 0 Å². The van der Waals surface area contributed by atoms with Crippen molar-refractivity contribution in [2.24, 2.45) is 10.8 Å². The maximum Gasteiger partial charge on any atom is 0.352 e. The molecular formula is C27H36F2N2O4. The molecule has 4 rings (SSSR count). The number of ether oxygens (including phenoxy) is 1. The van der Waals surface area contributed by atoms with Gasteiger partial charge < -0.3 is 19.3 Å². The zero-order valence-electron chi connectivity index (χ0n) is 21.2. The summed E-state index contributed by atoms with van der Waals surface area (Å²) < 4.78 is 42.6. The minimum absolute atomic E-state index is 0.134. The highest BCUT2D eigenvalue weighted by Crippen LogP contribution is 2.55. The number of aromatic nitrogens is 1. The fraction of sp³-hybridized carbons (Fsp3) is 0.630. The van der Waals surface area contributed by atoms with Crippen molar-refractivity contribution in [3.63, 3.8) is 0 Å². The first-order valence-electron chi connectivity index (χ1n) is 12.3. The van der Waals surface area contributed by atoms with Gasteiger partial charge in [-0.3, -0.25) is 4.79 Å². The molecule has 1 N–H and O–H groups in total. The van der Waals surface area contributed by atoms with E-state index in [2.05, 4.69) is 5.16 Å². The van der Waals surface area contributed by atoms with Crippen LogP contribution in [0.2, 0.25) is 0 Å². The number of alkyl halides is 2. The van der Waals surface area contributed by atoms with Crippen LogP contribution in [0.4, 0.5) is 8.78 Å². The van der Waals surface area contributed by atoms with E-state index in [-0.39, 0.29) is 26.0 Å². The van der Waals surface area contributed by atoms with Crippen LogP contribution >= 0.6 is 0 Å². The number of amides is 1. The number of carbonyl (C=O) groups excluding carboxylic acids is 1. The number of rotatable bonds is 6. The summed E-state index contributed by atoms with van der Waals surface area (Å²) >= 11 is 0. The van der Waals surface area contributed by atoms with Gasteiger partial charge in [0.15, 0.2) is 5.76 Å². The summed E-state index contributed by atoms with van der Waals surface area (Å²) in [5.41, 5.74) is -1.89. The summed E-state index contributed by atoms with van der Waals surface area (Å²) in [5, 5.41) is 15.3. The first-order chi connectivity index (χ1) is 16.2. The molecule has 2 aromatic rings. The van der Waals surface area contributed by atoms with Crippen molar-refractivity contribution in [3.8, 4) is 5.75 Å². The van der Waals surface area contributed by atoms with Crippen molar-refractivity contribution < 1.29 is 27.9 Å². The predicted octanol–water partition coefficient (Wildman–Crippen LogP) is 5.83. The highest BCUT2D eigenvalue weighted by molar-refractivity contribution is 5.85. The third kappa shape index (κ3) is 5.22. The molecule has 0 radical (unpaired) electrons. The number of nitrogens with zero attached hydrogens (tertiary/aromatic N) is 2. The molecule has 2 heterocycles. The standard InChI is InChI=1S/C27H36F2N2O4/c1-18-8-10-19(11-9-18)34-14-20-13-21(30-35-20)22-7-6-12-31(22)23(32)27(28,29)26(33)16-24(2,3)15-25(4,5)17-26/h8-11,13,22,33H,6-7,12,14-17H2,1-5H3. The van der Waals surface area contributed by atoms with Gasteiger partial charge in [0.1, 0.15) is 23.7 Å². The summed E-state index contributed by atoms with van der Waals surface area (Å²) in [6.45, 7) is 9.78. The molecule has 35 heavy (non-hydrogen) atoms. The highest BCUT2D eigenvalue weighted by Gasteiger charge is 2.65. The molecule has 1 aliphatic carbocycles. The molecule has 1 aliphatic heterocycles. The molecule has 1 saturated heterocycles. The van der Waals surface area contributed by atoms with Gasteiger partial charge in [0.2, 0.25) is 0 Å². The third-order valence-electron chi connectivity index (χ3n) is 7.19. The molecule has 0 bridgehead atoms. The van der Waals surface area contributed by atoms with E-state index < -0.39 is 34.3 Å².